The number of nitrogens with zero attached hydrogens (tertiary/aromatic N) is 3. The van der Waals surface area contributed by atoms with Crippen molar-refractivity contribution in [3.63, 3.8) is 0 Å². The van der Waals surface area contributed by atoms with Gasteiger partial charge in [-0.2, -0.15) is 5.10 Å². The highest BCUT2D eigenvalue weighted by Crippen LogP contribution is 2.25. The predicted octanol–water partition coefficient (Wildman–Crippen LogP) is 4.57. The molecule has 0 saturated heterocycles. The number of aromatic nitrogens is 2. The average molecular weight is 451 g/mol. The number of hydrogen-bond donors (Lipinski definition) is 1. The molecular formula is C22H15ClN4O5. The van der Waals surface area contributed by atoms with Gasteiger partial charge in [0.05, 0.1) is 17.2 Å². The van der Waals surface area contributed by atoms with Crippen molar-refractivity contribution in [3.05, 3.63) is 111 Å². The van der Waals surface area contributed by atoms with Gasteiger partial charge in [0, 0.05) is 16.1 Å². The standard InChI is InChI=1S/C22H15ClN4O5/c23-15-6-8-19(18(10-15)21(28)14-4-2-1-3-5-14)25-22(29)20-9-7-17(32-20)13-26-12-16(11-24-26)27(30)31/h1-12H,13H2,(H,25,29). The van der Waals surface area contributed by atoms with Gasteiger partial charge in [-0.1, -0.05) is 41.9 Å². The maximum Gasteiger partial charge on any atom is 0.307 e. The van der Waals surface area contributed by atoms with Crippen molar-refractivity contribution in [2.24, 2.45) is 0 Å². The number of anilines is 1. The Hall–Kier alpha value is -4.24. The summed E-state index contributed by atoms with van der Waals surface area (Å²) in [6, 6.07) is 16.3. The molecule has 0 fully saturated rings. The lowest BCUT2D eigenvalue weighted by Crippen LogP contribution is -2.14. The average Bonchev–Trinajstić information content (AvgIpc) is 3.45. The molecular weight excluding hydrogens is 436 g/mol. The number of nitro groups is 1. The summed E-state index contributed by atoms with van der Waals surface area (Å²) in [5.41, 5.74) is 0.841. The number of furan rings is 1. The predicted molar refractivity (Wildman–Crippen MR) is 116 cm³/mol. The molecule has 2 heterocycles. The van der Waals surface area contributed by atoms with Crippen LogP contribution in [0.4, 0.5) is 11.4 Å². The summed E-state index contributed by atoms with van der Waals surface area (Å²) < 4.78 is 6.87. The van der Waals surface area contributed by atoms with E-state index in [0.29, 0.717) is 16.3 Å². The first kappa shape index (κ1) is 21.0. The first-order chi connectivity index (χ1) is 15.4. The van der Waals surface area contributed by atoms with E-state index in [4.69, 9.17) is 16.0 Å². The molecule has 9 nitrogen and oxygen atoms in total. The monoisotopic (exact) mass is 450 g/mol. The van der Waals surface area contributed by atoms with Gasteiger partial charge in [-0.3, -0.25) is 24.4 Å². The highest BCUT2D eigenvalue weighted by molar-refractivity contribution is 6.31. The fourth-order valence-corrected chi connectivity index (χ4v) is 3.19. The Morgan fingerprint density at radius 1 is 1.12 bits per heavy atom. The van der Waals surface area contributed by atoms with Crippen LogP contribution in [0.5, 0.6) is 0 Å². The van der Waals surface area contributed by atoms with Gasteiger partial charge in [-0.05, 0) is 30.3 Å². The fourth-order valence-electron chi connectivity index (χ4n) is 3.02. The summed E-state index contributed by atoms with van der Waals surface area (Å²) in [5, 5.41) is 17.7. The van der Waals surface area contributed by atoms with E-state index >= 15 is 0 Å². The van der Waals surface area contributed by atoms with Crippen LogP contribution in [-0.4, -0.2) is 26.4 Å². The molecule has 0 spiro atoms. The molecule has 32 heavy (non-hydrogen) atoms. The zero-order chi connectivity index (χ0) is 22.7. The Balaban J connectivity index is 1.52. The first-order valence-electron chi connectivity index (χ1n) is 9.37. The molecule has 4 aromatic rings. The van der Waals surface area contributed by atoms with Crippen LogP contribution in [-0.2, 0) is 6.54 Å². The van der Waals surface area contributed by atoms with E-state index in [1.165, 1.54) is 23.0 Å². The number of carbonyl (C=O) groups excluding carboxylic acids is 2. The number of hydrogen-bond acceptors (Lipinski definition) is 6. The largest absolute Gasteiger partial charge is 0.454 e. The van der Waals surface area contributed by atoms with E-state index < -0.39 is 10.8 Å². The van der Waals surface area contributed by atoms with Crippen LogP contribution < -0.4 is 5.32 Å². The first-order valence-corrected chi connectivity index (χ1v) is 9.75. The van der Waals surface area contributed by atoms with Gasteiger partial charge in [0.15, 0.2) is 11.5 Å². The minimum atomic E-state index is -0.563. The molecule has 0 aliphatic heterocycles. The Morgan fingerprint density at radius 3 is 2.62 bits per heavy atom. The quantitative estimate of drug-likeness (QED) is 0.250. The van der Waals surface area contributed by atoms with Crippen molar-refractivity contribution in [2.45, 2.75) is 6.54 Å². The molecule has 0 saturated carbocycles. The van der Waals surface area contributed by atoms with Crippen LogP contribution in [0.3, 0.4) is 0 Å². The topological polar surface area (TPSA) is 120 Å². The van der Waals surface area contributed by atoms with Crippen molar-refractivity contribution < 1.29 is 18.9 Å². The van der Waals surface area contributed by atoms with Crippen molar-refractivity contribution in [3.8, 4) is 0 Å². The van der Waals surface area contributed by atoms with Crippen molar-refractivity contribution in [2.75, 3.05) is 5.32 Å². The lowest BCUT2D eigenvalue weighted by molar-refractivity contribution is -0.385. The van der Waals surface area contributed by atoms with E-state index in [0.717, 1.165) is 6.20 Å². The number of ketones is 1. The SMILES string of the molecule is O=C(Nc1ccc(Cl)cc1C(=O)c1ccccc1)c1ccc(Cn2cc([N+](=O)[O-])cn2)o1. The molecule has 1 amide bonds. The minimum Gasteiger partial charge on any atom is -0.454 e. The third kappa shape index (κ3) is 4.57. The summed E-state index contributed by atoms with van der Waals surface area (Å²) in [7, 11) is 0. The van der Waals surface area contributed by atoms with Gasteiger partial charge >= 0.3 is 5.69 Å². The number of benzene rings is 2. The van der Waals surface area contributed by atoms with Gasteiger partial charge in [-0.25, -0.2) is 0 Å². The van der Waals surface area contributed by atoms with Gasteiger partial charge in [0.1, 0.15) is 18.2 Å². The van der Waals surface area contributed by atoms with Crippen LogP contribution in [0, 0.1) is 10.1 Å². The minimum absolute atomic E-state index is 0.00900. The van der Waals surface area contributed by atoms with Crippen LogP contribution in [0.15, 0.2) is 77.5 Å². The molecule has 1 N–H and O–H groups in total. The molecule has 2 aromatic heterocycles. The number of nitrogens with one attached hydrogen (secondary N) is 1. The molecule has 0 unspecified atom stereocenters. The second kappa shape index (κ2) is 8.86. The number of rotatable bonds is 7. The normalized spacial score (nSPS) is 10.7. The van der Waals surface area contributed by atoms with E-state index in [-0.39, 0.29) is 35.0 Å². The smallest absolute Gasteiger partial charge is 0.307 e. The lowest BCUT2D eigenvalue weighted by Gasteiger charge is -2.10. The molecule has 0 bridgehead atoms. The third-order valence-corrected chi connectivity index (χ3v) is 4.78. The molecule has 0 radical (unpaired) electrons. The van der Waals surface area contributed by atoms with Crippen LogP contribution in [0.1, 0.15) is 32.2 Å². The highest BCUT2D eigenvalue weighted by atomic mass is 35.5. The van der Waals surface area contributed by atoms with Gasteiger partial charge < -0.3 is 9.73 Å². The number of amides is 1. The van der Waals surface area contributed by atoms with E-state index in [2.05, 4.69) is 10.4 Å². The zero-order valence-corrected chi connectivity index (χ0v) is 17.2. The molecule has 0 aliphatic carbocycles. The highest BCUT2D eigenvalue weighted by Gasteiger charge is 2.19. The van der Waals surface area contributed by atoms with Gasteiger partial charge in [0.25, 0.3) is 5.91 Å². The molecule has 0 atom stereocenters. The maximum atomic E-state index is 12.9. The fraction of sp³-hybridized carbons (Fsp3) is 0.0455. The molecule has 0 aliphatic rings. The molecule has 2 aromatic carbocycles. The zero-order valence-electron chi connectivity index (χ0n) is 16.4. The Labute approximate surface area is 186 Å². The molecule has 160 valence electrons. The van der Waals surface area contributed by atoms with Crippen LogP contribution >= 0.6 is 11.6 Å². The summed E-state index contributed by atoms with van der Waals surface area (Å²) in [6.45, 7) is 0.111. The second-order valence-electron chi connectivity index (χ2n) is 6.76. The van der Waals surface area contributed by atoms with Crippen LogP contribution in [0.2, 0.25) is 5.02 Å². The van der Waals surface area contributed by atoms with Gasteiger partial charge in [0.2, 0.25) is 0 Å². The van der Waals surface area contributed by atoms with Crippen molar-refractivity contribution in [1.82, 2.24) is 9.78 Å². The van der Waals surface area contributed by atoms with Crippen molar-refractivity contribution >= 4 is 34.7 Å². The van der Waals surface area contributed by atoms with Crippen LogP contribution in [0.25, 0.3) is 0 Å². The third-order valence-electron chi connectivity index (χ3n) is 4.54. The Bertz CT molecular complexity index is 1310. The second-order valence-corrected chi connectivity index (χ2v) is 7.19. The summed E-state index contributed by atoms with van der Waals surface area (Å²) >= 11 is 6.07. The Morgan fingerprint density at radius 2 is 1.91 bits per heavy atom. The molecule has 4 rings (SSSR count). The summed E-state index contributed by atoms with van der Waals surface area (Å²) in [5.74, 6) is -0.463. The number of carbonyl (C=O) groups is 2. The van der Waals surface area contributed by atoms with E-state index in [9.17, 15) is 19.7 Å². The summed E-state index contributed by atoms with van der Waals surface area (Å²) in [4.78, 5) is 35.8. The van der Waals surface area contributed by atoms with Gasteiger partial charge in [-0.15, -0.1) is 0 Å². The molecule has 10 heteroatoms. The maximum absolute atomic E-state index is 12.9. The lowest BCUT2D eigenvalue weighted by atomic mass is 10.0. The summed E-state index contributed by atoms with van der Waals surface area (Å²) in [6.07, 6.45) is 2.39. The van der Waals surface area contributed by atoms with E-state index in [1.54, 1.807) is 48.5 Å². The van der Waals surface area contributed by atoms with Crippen molar-refractivity contribution in [1.29, 1.82) is 0 Å². The Kier molecular flexibility index (Phi) is 5.82. The van der Waals surface area contributed by atoms with E-state index in [1.807, 2.05) is 0 Å². The number of halogens is 1.